The van der Waals surface area contributed by atoms with E-state index in [9.17, 15) is 26.8 Å². The first-order valence-corrected chi connectivity index (χ1v) is 25.7. The molecule has 5 atom stereocenters. The Morgan fingerprint density at radius 1 is 0.919 bits per heavy atom. The molecule has 0 aliphatic carbocycles. The summed E-state index contributed by atoms with van der Waals surface area (Å²) >= 11 is -2.35. The Bertz CT molecular complexity index is 1990. The van der Waals surface area contributed by atoms with Gasteiger partial charge in [-0.3, -0.25) is 18.6 Å². The van der Waals surface area contributed by atoms with Crippen LogP contribution < -0.4 is 5.32 Å². The summed E-state index contributed by atoms with van der Waals surface area (Å²) < 4.78 is 52.9. The van der Waals surface area contributed by atoms with Crippen LogP contribution in [0.15, 0.2) is 77.0 Å². The van der Waals surface area contributed by atoms with Crippen molar-refractivity contribution in [2.45, 2.75) is 189 Å². The van der Waals surface area contributed by atoms with E-state index < -0.39 is 32.6 Å². The van der Waals surface area contributed by atoms with Gasteiger partial charge in [-0.2, -0.15) is 5.06 Å². The zero-order chi connectivity index (χ0) is 45.1. The van der Waals surface area contributed by atoms with Crippen LogP contribution in [0.25, 0.3) is 0 Å². The fourth-order valence-corrected chi connectivity index (χ4v) is 11.6. The van der Waals surface area contributed by atoms with Crippen molar-refractivity contribution in [2.75, 3.05) is 18.9 Å². The van der Waals surface area contributed by atoms with E-state index in [0.29, 0.717) is 45.3 Å². The van der Waals surface area contributed by atoms with E-state index in [0.717, 1.165) is 43.2 Å². The van der Waals surface area contributed by atoms with Crippen LogP contribution in [0.3, 0.4) is 0 Å². The molecule has 5 rings (SSSR count). The molecule has 0 radical (unpaired) electrons. The lowest BCUT2D eigenvalue weighted by atomic mass is 9.79. The number of aromatic nitrogens is 2. The summed E-state index contributed by atoms with van der Waals surface area (Å²) in [6, 6.07) is 13.7. The number of benzene rings is 2. The van der Waals surface area contributed by atoms with Crippen LogP contribution in [-0.4, -0.2) is 90.6 Å². The number of sulfone groups is 1. The minimum Gasteiger partial charge on any atom is -0.768 e. The number of rotatable bonds is 24. The first kappa shape index (κ1) is 49.6. The second-order valence-corrected chi connectivity index (χ2v) is 22.0. The molecule has 62 heavy (non-hydrogen) atoms. The first-order chi connectivity index (χ1) is 29.4. The van der Waals surface area contributed by atoms with E-state index in [2.05, 4.69) is 68.4 Å². The lowest BCUT2D eigenvalue weighted by Gasteiger charge is -2.53. The fourth-order valence-electron chi connectivity index (χ4n) is 10.1. The lowest BCUT2D eigenvalue weighted by molar-refractivity contribution is -0.284. The smallest absolute Gasteiger partial charge is 0.235 e. The van der Waals surface area contributed by atoms with Crippen molar-refractivity contribution < 1.29 is 31.6 Å². The second kappa shape index (κ2) is 22.5. The average Bonchev–Trinajstić information content (AvgIpc) is 3.91. The van der Waals surface area contributed by atoms with Gasteiger partial charge in [0.2, 0.25) is 11.8 Å². The van der Waals surface area contributed by atoms with Gasteiger partial charge in [0, 0.05) is 59.5 Å². The molecule has 1 aromatic heterocycles. The molecule has 14 heteroatoms. The molecule has 3 heterocycles. The Kier molecular flexibility index (Phi) is 18.0. The lowest BCUT2D eigenvalue weighted by Crippen LogP contribution is -2.64. The third kappa shape index (κ3) is 13.5. The maximum absolute atomic E-state index is 13.6. The van der Waals surface area contributed by atoms with Crippen LogP contribution in [0, 0.1) is 0 Å². The summed E-state index contributed by atoms with van der Waals surface area (Å²) in [4.78, 5) is 39.6. The summed E-state index contributed by atoms with van der Waals surface area (Å²) in [5.74, 6) is -1.03. The highest BCUT2D eigenvalue weighted by Gasteiger charge is 2.47. The van der Waals surface area contributed by atoms with Crippen molar-refractivity contribution in [3.63, 3.8) is 0 Å². The average molecular weight is 895 g/mol. The summed E-state index contributed by atoms with van der Waals surface area (Å²) in [7, 11) is -3.93. The number of carbonyl (C=O) groups excluding carboxylic acids is 2. The molecule has 2 fully saturated rings. The minimum atomic E-state index is -3.93. The first-order valence-electron chi connectivity index (χ1n) is 23.0. The van der Waals surface area contributed by atoms with E-state index >= 15 is 0 Å². The van der Waals surface area contributed by atoms with Crippen LogP contribution >= 0.6 is 0 Å². The maximum atomic E-state index is 13.6. The minimum absolute atomic E-state index is 0.00808. The molecule has 0 bridgehead atoms. The van der Waals surface area contributed by atoms with Crippen molar-refractivity contribution >= 4 is 32.7 Å². The van der Waals surface area contributed by atoms with Gasteiger partial charge in [0.15, 0.2) is 9.84 Å². The van der Waals surface area contributed by atoms with E-state index in [1.165, 1.54) is 25.7 Å². The third-order valence-corrected chi connectivity index (χ3v) is 15.3. The number of hydroxylamine groups is 2. The Morgan fingerprint density at radius 2 is 1.56 bits per heavy atom. The number of piperidine rings is 1. The second-order valence-electron chi connectivity index (χ2n) is 19.0. The predicted octanol–water partition coefficient (Wildman–Crippen LogP) is 9.02. The molecule has 5 unspecified atom stereocenters. The van der Waals surface area contributed by atoms with Crippen molar-refractivity contribution in [3.05, 3.63) is 78.4 Å². The number of imidazole rings is 1. The van der Waals surface area contributed by atoms with Crippen LogP contribution in [0.1, 0.15) is 167 Å². The zero-order valence-corrected chi connectivity index (χ0v) is 39.9. The van der Waals surface area contributed by atoms with Gasteiger partial charge >= 0.3 is 0 Å². The van der Waals surface area contributed by atoms with Crippen molar-refractivity contribution in [1.29, 1.82) is 0 Å². The molecule has 3 aromatic rings. The van der Waals surface area contributed by atoms with Crippen molar-refractivity contribution in [3.8, 4) is 0 Å². The molecule has 0 spiro atoms. The summed E-state index contributed by atoms with van der Waals surface area (Å²) in [5, 5.41) is 5.13. The fraction of sp³-hybridized carbons (Fsp3) is 0.646. The van der Waals surface area contributed by atoms with Gasteiger partial charge in [0.1, 0.15) is 5.75 Å². The monoisotopic (exact) mass is 894 g/mol. The number of nitrogens with zero attached hydrogens (tertiary/aromatic N) is 4. The molecule has 2 aliphatic rings. The van der Waals surface area contributed by atoms with Gasteiger partial charge in [-0.05, 0) is 137 Å². The van der Waals surface area contributed by atoms with E-state index in [-0.39, 0.29) is 56.7 Å². The number of hydrogen-bond donors (Lipinski definition) is 1. The Balaban J connectivity index is 1.24. The van der Waals surface area contributed by atoms with Crippen LogP contribution in [-0.2, 0) is 35.3 Å². The topological polar surface area (TPSA) is 154 Å². The quantitative estimate of drug-likeness (QED) is 0.0686. The van der Waals surface area contributed by atoms with Gasteiger partial charge in [-0.25, -0.2) is 13.4 Å². The third-order valence-electron chi connectivity index (χ3n) is 13.1. The Morgan fingerprint density at radius 3 is 2.15 bits per heavy atom. The molecule has 0 saturated carbocycles. The van der Waals surface area contributed by atoms with Crippen molar-refractivity contribution in [1.82, 2.24) is 24.8 Å². The summed E-state index contributed by atoms with van der Waals surface area (Å²) in [6.07, 6.45) is 18.3. The van der Waals surface area contributed by atoms with Crippen LogP contribution in [0.5, 0.6) is 0 Å². The van der Waals surface area contributed by atoms with E-state index in [4.69, 9.17) is 4.84 Å². The highest BCUT2D eigenvalue weighted by Crippen LogP contribution is 2.40. The number of carbonyl (C=O) groups is 2. The number of unbranched alkanes of at least 4 members (excludes halogenated alkanes) is 5. The predicted molar refractivity (Wildman–Crippen MR) is 244 cm³/mol. The Hall–Kier alpha value is -3.43. The molecule has 2 saturated heterocycles. The zero-order valence-electron chi connectivity index (χ0n) is 38.2. The molecular weight excluding hydrogens is 823 g/mol. The highest BCUT2D eigenvalue weighted by atomic mass is 32.2. The van der Waals surface area contributed by atoms with Crippen LogP contribution in [0.4, 0.5) is 0 Å². The molecule has 2 aromatic carbocycles. The molecule has 2 amide bonds. The number of hydrogen-bond acceptors (Lipinski definition) is 9. The SMILES string of the molecule is CCCCCCCCON1C(C)(C)CC(NC(=O)CS(=O)(=O)c2ccc(C(C)CC(CC(CC(CC)n3ccnc3)N3CCCC3=O)c3ccc(S(=O)[O-])cc3)cc2)CC1(C)C. The molecule has 2 aliphatic heterocycles. The summed E-state index contributed by atoms with van der Waals surface area (Å²) in [5.41, 5.74) is 1.21. The number of nitrogens with one attached hydrogen (secondary N) is 1. The van der Waals surface area contributed by atoms with Gasteiger partial charge in [0.25, 0.3) is 0 Å². The van der Waals surface area contributed by atoms with Gasteiger partial charge in [-0.15, -0.1) is 0 Å². The van der Waals surface area contributed by atoms with Gasteiger partial charge in [-0.1, -0.05) is 77.1 Å². The van der Waals surface area contributed by atoms with Crippen molar-refractivity contribution in [2.24, 2.45) is 0 Å². The van der Waals surface area contributed by atoms with E-state index in [1.54, 1.807) is 30.5 Å². The standard InChI is InChI=1S/C48H73N5O7S2/c1-8-10-11-12-13-14-28-60-53-47(4,5)32-40(33-48(53,6)7)50-45(54)34-62(58,59)44-23-19-37(20-24-44)36(3)29-39(38-17-21-43(22-18-38)61(56)57)30-42(52-26-15-16-46(52)55)31-41(9-2)51-27-25-49-35-51/h17-25,27,35-36,39-42H,8-16,26,28-34H2,1-7H3,(H,50,54)(H,56,57)/p-1. The maximum Gasteiger partial charge on any atom is 0.235 e. The molecule has 1 N–H and O–H groups in total. The highest BCUT2D eigenvalue weighted by molar-refractivity contribution is 7.92. The molecule has 344 valence electrons. The summed E-state index contributed by atoms with van der Waals surface area (Å²) in [6.45, 7) is 16.3. The normalized spacial score (nSPS) is 19.5. The van der Waals surface area contributed by atoms with Gasteiger partial charge in [0.05, 0.1) is 17.8 Å². The number of amides is 2. The van der Waals surface area contributed by atoms with Gasteiger partial charge < -0.3 is 19.3 Å². The largest absolute Gasteiger partial charge is 0.768 e. The number of likely N-dealkylation sites (tertiary alicyclic amines) is 1. The Labute approximate surface area is 374 Å². The van der Waals surface area contributed by atoms with Crippen LogP contribution in [0.2, 0.25) is 0 Å². The molecule has 12 nitrogen and oxygen atoms in total. The molecular formula is C48H72N5O7S2-. The van der Waals surface area contributed by atoms with E-state index in [1.807, 2.05) is 41.7 Å².